The Morgan fingerprint density at radius 3 is 2.80 bits per heavy atom. The van der Waals surface area contributed by atoms with Crippen molar-refractivity contribution in [2.45, 2.75) is 25.7 Å². The largest absolute Gasteiger partial charge is 0.319 e. The van der Waals surface area contributed by atoms with E-state index in [1.54, 1.807) is 12.1 Å². The van der Waals surface area contributed by atoms with Crippen molar-refractivity contribution in [1.29, 1.82) is 0 Å². The highest BCUT2D eigenvalue weighted by atomic mass is 79.9. The molecule has 1 aliphatic carbocycles. The third-order valence-corrected chi connectivity index (χ3v) is 5.13. The molecule has 2 aromatic rings. The molecule has 5 heteroatoms. The maximum Gasteiger partial charge on any atom is 0.265 e. The van der Waals surface area contributed by atoms with E-state index in [-0.39, 0.29) is 11.6 Å². The minimum absolute atomic E-state index is 0.213. The molecular formula is C15H13BrFNOS. The van der Waals surface area contributed by atoms with Crippen molar-refractivity contribution in [2.24, 2.45) is 0 Å². The Balaban J connectivity index is 1.80. The fraction of sp³-hybridized carbons (Fsp3) is 0.267. The molecule has 0 saturated heterocycles. The molecule has 3 rings (SSSR count). The van der Waals surface area contributed by atoms with Crippen LogP contribution in [-0.2, 0) is 12.8 Å². The van der Waals surface area contributed by atoms with E-state index in [4.69, 9.17) is 0 Å². The second-order valence-electron chi connectivity index (χ2n) is 4.84. The van der Waals surface area contributed by atoms with E-state index >= 15 is 0 Å². The van der Waals surface area contributed by atoms with Crippen molar-refractivity contribution in [1.82, 2.24) is 0 Å². The first-order valence-electron chi connectivity index (χ1n) is 6.51. The zero-order valence-corrected chi connectivity index (χ0v) is 13.1. The Hall–Kier alpha value is -1.20. The molecule has 1 N–H and O–H groups in total. The predicted octanol–water partition coefficient (Wildman–Crippen LogP) is 4.78. The van der Waals surface area contributed by atoms with Gasteiger partial charge in [-0.05, 0) is 55.5 Å². The number of hydrogen-bond donors (Lipinski definition) is 1. The number of fused-ring (bicyclic) bond motifs is 1. The van der Waals surface area contributed by atoms with Gasteiger partial charge in [0.2, 0.25) is 0 Å². The number of halogens is 2. The summed E-state index contributed by atoms with van der Waals surface area (Å²) in [5.74, 6) is -0.667. The second kappa shape index (κ2) is 5.66. The quantitative estimate of drug-likeness (QED) is 0.826. The smallest absolute Gasteiger partial charge is 0.265 e. The molecule has 0 spiro atoms. The summed E-state index contributed by atoms with van der Waals surface area (Å²) in [6.07, 6.45) is 4.48. The maximum absolute atomic E-state index is 13.7. The average molecular weight is 354 g/mol. The lowest BCUT2D eigenvalue weighted by Gasteiger charge is -2.08. The van der Waals surface area contributed by atoms with Gasteiger partial charge in [0.15, 0.2) is 0 Å². The molecule has 1 aromatic carbocycles. The van der Waals surface area contributed by atoms with Crippen molar-refractivity contribution < 1.29 is 9.18 Å². The Kier molecular flexibility index (Phi) is 3.89. The van der Waals surface area contributed by atoms with Gasteiger partial charge in [0, 0.05) is 9.35 Å². The van der Waals surface area contributed by atoms with Gasteiger partial charge in [0.05, 0.1) is 10.6 Å². The van der Waals surface area contributed by atoms with Gasteiger partial charge in [-0.1, -0.05) is 15.9 Å². The number of aryl methyl sites for hydroxylation is 2. The number of hydrogen-bond acceptors (Lipinski definition) is 2. The highest BCUT2D eigenvalue weighted by molar-refractivity contribution is 9.10. The van der Waals surface area contributed by atoms with Crippen molar-refractivity contribution in [3.8, 4) is 0 Å². The summed E-state index contributed by atoms with van der Waals surface area (Å²) in [4.78, 5) is 14.2. The standard InChI is InChI=1S/C15H13BrFNOS/c16-10-5-6-12(11(17)8-10)18-15(19)14-7-9-3-1-2-4-13(9)20-14/h5-8H,1-4H2,(H,18,19). The van der Waals surface area contributed by atoms with Gasteiger partial charge in [0.25, 0.3) is 5.91 Å². The van der Waals surface area contributed by atoms with Crippen LogP contribution in [0.4, 0.5) is 10.1 Å². The summed E-state index contributed by atoms with van der Waals surface area (Å²) >= 11 is 4.72. The number of carbonyl (C=O) groups is 1. The summed E-state index contributed by atoms with van der Waals surface area (Å²) in [6, 6.07) is 6.56. The summed E-state index contributed by atoms with van der Waals surface area (Å²) in [6.45, 7) is 0. The van der Waals surface area contributed by atoms with Crippen LogP contribution in [0.15, 0.2) is 28.7 Å². The molecule has 20 heavy (non-hydrogen) atoms. The second-order valence-corrected chi connectivity index (χ2v) is 6.90. The first kappa shape index (κ1) is 13.8. The number of thiophene rings is 1. The van der Waals surface area contributed by atoms with Gasteiger partial charge in [-0.3, -0.25) is 4.79 Å². The zero-order chi connectivity index (χ0) is 14.1. The lowest BCUT2D eigenvalue weighted by molar-refractivity contribution is 0.103. The minimum atomic E-state index is -0.436. The van der Waals surface area contributed by atoms with Crippen LogP contribution in [0.3, 0.4) is 0 Å². The molecule has 1 aromatic heterocycles. The van der Waals surface area contributed by atoms with Crippen molar-refractivity contribution in [3.63, 3.8) is 0 Å². The van der Waals surface area contributed by atoms with Crippen LogP contribution in [0.5, 0.6) is 0 Å². The van der Waals surface area contributed by atoms with Crippen LogP contribution in [0.25, 0.3) is 0 Å². The number of rotatable bonds is 2. The monoisotopic (exact) mass is 353 g/mol. The van der Waals surface area contributed by atoms with E-state index in [0.29, 0.717) is 9.35 Å². The summed E-state index contributed by atoms with van der Waals surface area (Å²) in [7, 11) is 0. The average Bonchev–Trinajstić information content (AvgIpc) is 2.86. The summed E-state index contributed by atoms with van der Waals surface area (Å²) < 4.78 is 14.4. The number of anilines is 1. The van der Waals surface area contributed by atoms with Crippen LogP contribution < -0.4 is 5.32 Å². The van der Waals surface area contributed by atoms with Crippen molar-refractivity contribution in [3.05, 3.63) is 49.9 Å². The molecule has 0 fully saturated rings. The van der Waals surface area contributed by atoms with E-state index in [2.05, 4.69) is 21.2 Å². The number of nitrogens with one attached hydrogen (secondary N) is 1. The Morgan fingerprint density at radius 1 is 1.25 bits per heavy atom. The Bertz CT molecular complexity index is 644. The molecule has 104 valence electrons. The van der Waals surface area contributed by atoms with Gasteiger partial charge in [-0.15, -0.1) is 11.3 Å². The van der Waals surface area contributed by atoms with E-state index in [0.717, 1.165) is 12.8 Å². The third-order valence-electron chi connectivity index (χ3n) is 3.40. The predicted molar refractivity (Wildman–Crippen MR) is 83.0 cm³/mol. The number of benzene rings is 1. The third kappa shape index (κ3) is 2.79. The Morgan fingerprint density at radius 2 is 2.05 bits per heavy atom. The normalized spacial score (nSPS) is 13.9. The van der Waals surface area contributed by atoms with E-state index in [9.17, 15) is 9.18 Å². The SMILES string of the molecule is O=C(Nc1ccc(Br)cc1F)c1cc2c(s1)CCCC2. The van der Waals surface area contributed by atoms with Gasteiger partial charge in [-0.25, -0.2) is 4.39 Å². The van der Waals surface area contributed by atoms with Crippen LogP contribution in [-0.4, -0.2) is 5.91 Å². The lowest BCUT2D eigenvalue weighted by Crippen LogP contribution is -2.11. The minimum Gasteiger partial charge on any atom is -0.319 e. The molecule has 0 unspecified atom stereocenters. The van der Waals surface area contributed by atoms with Crippen molar-refractivity contribution in [2.75, 3.05) is 5.32 Å². The van der Waals surface area contributed by atoms with Gasteiger partial charge < -0.3 is 5.32 Å². The first-order chi connectivity index (χ1) is 9.63. The molecule has 0 radical (unpaired) electrons. The molecule has 0 bridgehead atoms. The van der Waals surface area contributed by atoms with E-state index in [1.807, 2.05) is 6.07 Å². The summed E-state index contributed by atoms with van der Waals surface area (Å²) in [5, 5.41) is 2.64. The van der Waals surface area contributed by atoms with Gasteiger partial charge >= 0.3 is 0 Å². The molecule has 0 saturated carbocycles. The molecule has 0 aliphatic heterocycles. The van der Waals surface area contributed by atoms with E-state index in [1.165, 1.54) is 40.7 Å². The highest BCUT2D eigenvalue weighted by Crippen LogP contribution is 2.30. The van der Waals surface area contributed by atoms with Crippen molar-refractivity contribution >= 4 is 38.9 Å². The lowest BCUT2D eigenvalue weighted by atomic mass is 9.99. The number of amides is 1. The zero-order valence-electron chi connectivity index (χ0n) is 10.7. The van der Waals surface area contributed by atoms with Crippen LogP contribution in [0.1, 0.15) is 33.0 Å². The molecule has 2 nitrogen and oxygen atoms in total. The van der Waals surface area contributed by atoms with Gasteiger partial charge in [0.1, 0.15) is 5.82 Å². The van der Waals surface area contributed by atoms with Crippen LogP contribution in [0, 0.1) is 5.82 Å². The van der Waals surface area contributed by atoms with Crippen LogP contribution in [0.2, 0.25) is 0 Å². The Labute approximate surface area is 129 Å². The molecule has 0 atom stereocenters. The summed E-state index contributed by atoms with van der Waals surface area (Å²) in [5.41, 5.74) is 1.49. The molecule has 1 amide bonds. The fourth-order valence-corrected chi connectivity index (χ4v) is 3.86. The molecular weight excluding hydrogens is 341 g/mol. The van der Waals surface area contributed by atoms with Gasteiger partial charge in [-0.2, -0.15) is 0 Å². The highest BCUT2D eigenvalue weighted by Gasteiger charge is 2.18. The maximum atomic E-state index is 13.7. The molecule has 1 aliphatic rings. The number of carbonyl (C=O) groups excluding carboxylic acids is 1. The topological polar surface area (TPSA) is 29.1 Å². The fourth-order valence-electron chi connectivity index (χ4n) is 2.38. The first-order valence-corrected chi connectivity index (χ1v) is 8.12. The molecule has 1 heterocycles. The van der Waals surface area contributed by atoms with E-state index < -0.39 is 5.82 Å². The van der Waals surface area contributed by atoms with Crippen LogP contribution >= 0.6 is 27.3 Å².